The zero-order valence-corrected chi connectivity index (χ0v) is 69.7. The van der Waals surface area contributed by atoms with Crippen molar-refractivity contribution < 1.29 is 52.5 Å². The Kier molecular flexibility index (Phi) is 58.7. The fourth-order valence-corrected chi connectivity index (χ4v) is 16.5. The molecule has 1 aliphatic heterocycles. The van der Waals surface area contributed by atoms with E-state index in [1.54, 1.807) is 0 Å². The molecule has 0 N–H and O–H groups in total. The van der Waals surface area contributed by atoms with Crippen LogP contribution >= 0.6 is 0 Å². The molecule has 0 radical (unpaired) electrons. The van der Waals surface area contributed by atoms with Crippen molar-refractivity contribution in [3.05, 3.63) is 0 Å². The maximum absolute atomic E-state index is 15.8. The Morgan fingerprint density at radius 1 is 0.294 bits per heavy atom. The van der Waals surface area contributed by atoms with Crippen LogP contribution in [0.1, 0.15) is 468 Å². The number of carbonyl (C=O) groups excluding carboxylic acids is 6. The molecule has 0 aromatic rings. The van der Waals surface area contributed by atoms with Crippen LogP contribution in [0.15, 0.2) is 0 Å². The van der Waals surface area contributed by atoms with E-state index in [1.807, 2.05) is 46.4 Å². The van der Waals surface area contributed by atoms with Gasteiger partial charge in [-0.1, -0.05) is 337 Å². The van der Waals surface area contributed by atoms with Crippen LogP contribution in [0.5, 0.6) is 0 Å². The van der Waals surface area contributed by atoms with Crippen LogP contribution in [0.4, 0.5) is 0 Å². The normalized spacial score (nSPS) is 15.6. The number of nitrogens with zero attached hydrogens (tertiary/aromatic N) is 1. The minimum atomic E-state index is -1.56. The lowest BCUT2D eigenvalue weighted by Gasteiger charge is -2.45. The molecule has 1 heterocycles. The largest absolute Gasteiger partial charge is 0.465 e. The van der Waals surface area contributed by atoms with Crippen LogP contribution in [0, 0.1) is 27.1 Å². The van der Waals surface area contributed by atoms with E-state index in [9.17, 15) is 9.59 Å². The Labute approximate surface area is 631 Å². The zero-order chi connectivity index (χ0) is 75.3. The van der Waals surface area contributed by atoms with Gasteiger partial charge in [0, 0.05) is 19.0 Å². The number of amides is 1. The van der Waals surface area contributed by atoms with Crippen molar-refractivity contribution >= 4 is 35.8 Å². The number of hydrogen-bond acceptors (Lipinski definition) is 11. The van der Waals surface area contributed by atoms with Crippen molar-refractivity contribution in [1.29, 1.82) is 0 Å². The van der Waals surface area contributed by atoms with Gasteiger partial charge < -0.3 is 28.6 Å². The van der Waals surface area contributed by atoms with E-state index in [-0.39, 0.29) is 77.1 Å². The summed E-state index contributed by atoms with van der Waals surface area (Å²) in [6.07, 6.45) is 60.4. The highest BCUT2D eigenvalue weighted by atomic mass is 16.6. The molecule has 0 bridgehead atoms. The third kappa shape index (κ3) is 46.1. The van der Waals surface area contributed by atoms with E-state index < -0.39 is 56.9 Å². The van der Waals surface area contributed by atoms with Gasteiger partial charge in [0.05, 0.1) is 60.1 Å². The highest BCUT2D eigenvalue weighted by Crippen LogP contribution is 2.53. The summed E-state index contributed by atoms with van der Waals surface area (Å²) < 4.78 is 31.9. The summed E-state index contributed by atoms with van der Waals surface area (Å²) in [7, 11) is 0. The van der Waals surface area contributed by atoms with Gasteiger partial charge in [0.15, 0.2) is 0 Å². The van der Waals surface area contributed by atoms with Crippen molar-refractivity contribution in [3.8, 4) is 0 Å². The molecule has 1 aliphatic rings. The molecule has 12 heteroatoms. The first-order chi connectivity index (χ1) is 49.2. The molecule has 102 heavy (non-hydrogen) atoms. The molecule has 0 aromatic heterocycles. The third-order valence-electron chi connectivity index (χ3n) is 22.6. The predicted molar refractivity (Wildman–Crippen MR) is 428 cm³/mol. The molecule has 0 spiro atoms. The average Bonchev–Trinajstić information content (AvgIpc) is 0.769. The number of hydrogen-bond donors (Lipinski definition) is 0. The van der Waals surface area contributed by atoms with E-state index in [1.165, 1.54) is 199 Å². The Morgan fingerprint density at radius 2 is 0.520 bits per heavy atom. The van der Waals surface area contributed by atoms with E-state index in [4.69, 9.17) is 23.7 Å². The van der Waals surface area contributed by atoms with Gasteiger partial charge in [-0.15, -0.1) is 0 Å². The van der Waals surface area contributed by atoms with Crippen LogP contribution in [0.3, 0.4) is 0 Å². The summed E-state index contributed by atoms with van der Waals surface area (Å²) in [5, 5.41) is 0. The van der Waals surface area contributed by atoms with Crippen LogP contribution in [0.2, 0.25) is 0 Å². The van der Waals surface area contributed by atoms with Gasteiger partial charge in [-0.2, -0.15) is 0 Å². The molecule has 1 amide bonds. The SMILES string of the molecule is CCCCCCCCCCCCOC(=O)C(C)(C)CC(C)(CC(C)(CC(C)(CC(C)(CC(CC)N1CCCCCC1=O)C(=O)OCCCCCCCCCCCC)C(=O)OCCCCCCCCCCCC)C(=O)OCCCCCCCCCCCC)C(=O)OCCCCCCCCCCCC. The summed E-state index contributed by atoms with van der Waals surface area (Å²) in [4.78, 5) is 93.3. The second-order valence-corrected chi connectivity index (χ2v) is 34.1. The molecule has 1 fully saturated rings. The fourth-order valence-electron chi connectivity index (χ4n) is 16.5. The molecule has 0 aliphatic carbocycles. The minimum Gasteiger partial charge on any atom is -0.465 e. The second-order valence-electron chi connectivity index (χ2n) is 34.1. The van der Waals surface area contributed by atoms with Crippen molar-refractivity contribution in [2.45, 2.75) is 474 Å². The number of unbranched alkanes of at least 4 members (excludes halogenated alkanes) is 45. The first-order valence-corrected chi connectivity index (χ1v) is 44.3. The lowest BCUT2D eigenvalue weighted by Crippen LogP contribution is -2.50. The highest BCUT2D eigenvalue weighted by Gasteiger charge is 2.56. The smallest absolute Gasteiger partial charge is 0.311 e. The second kappa shape index (κ2) is 61.8. The standard InChI is InChI=1S/C90H169NO11/c1-13-19-24-29-34-39-44-49-54-62-69-98-81(93)86(7,8)75-88(10,83(95)100-71-64-56-51-46-41-36-31-26-21-15-3)77-90(12,85(97)102-73-66-58-53-48-43-38-33-28-23-17-5)78-89(11,84(96)101-72-65-57-52-47-42-37-32-27-22-16-4)76-87(9,74-79(18-6)91-68-61-59-60-67-80(91)92)82(94)99-70-63-55-50-45-40-35-30-25-20-14-2/h79H,13-78H2,1-12H3. The van der Waals surface area contributed by atoms with Crippen molar-refractivity contribution in [1.82, 2.24) is 4.90 Å². The number of esters is 5. The number of ether oxygens (including phenoxy) is 5. The Morgan fingerprint density at radius 3 is 0.784 bits per heavy atom. The van der Waals surface area contributed by atoms with E-state index >= 15 is 19.2 Å². The predicted octanol–water partition coefficient (Wildman–Crippen LogP) is 26.5. The third-order valence-corrected chi connectivity index (χ3v) is 22.6. The van der Waals surface area contributed by atoms with Crippen LogP contribution in [0.25, 0.3) is 0 Å². The highest BCUT2D eigenvalue weighted by molar-refractivity contribution is 5.85. The maximum atomic E-state index is 15.8. The molecule has 600 valence electrons. The van der Waals surface area contributed by atoms with Crippen molar-refractivity contribution in [3.63, 3.8) is 0 Å². The zero-order valence-electron chi connectivity index (χ0n) is 69.7. The fraction of sp³-hybridized carbons (Fsp3) is 0.933. The van der Waals surface area contributed by atoms with Crippen molar-refractivity contribution in [2.75, 3.05) is 39.6 Å². The molecule has 1 saturated heterocycles. The summed E-state index contributed by atoms with van der Waals surface area (Å²) in [5.41, 5.74) is -7.05. The van der Waals surface area contributed by atoms with E-state index in [2.05, 4.69) is 41.5 Å². The monoisotopic (exact) mass is 1440 g/mol. The quantitative estimate of drug-likeness (QED) is 0.0325. The number of rotatable bonds is 72. The minimum absolute atomic E-state index is 0.0139. The number of likely N-dealkylation sites (tertiary alicyclic amines) is 1. The van der Waals surface area contributed by atoms with Gasteiger partial charge in [-0.05, 0) is 125 Å². The summed E-state index contributed by atoms with van der Waals surface area (Å²) >= 11 is 0. The Hall–Kier alpha value is -3.18. The van der Waals surface area contributed by atoms with Crippen LogP contribution in [-0.4, -0.2) is 86.3 Å². The maximum Gasteiger partial charge on any atom is 0.311 e. The van der Waals surface area contributed by atoms with Crippen LogP contribution in [-0.2, 0) is 52.5 Å². The molecule has 0 saturated carbocycles. The summed E-state index contributed by atoms with van der Waals surface area (Å²) in [5.74, 6) is -2.28. The first-order valence-electron chi connectivity index (χ1n) is 44.3. The lowest BCUT2D eigenvalue weighted by molar-refractivity contribution is -0.175. The molecular formula is C90H169NO11. The average molecular weight is 1440 g/mol. The Bertz CT molecular complexity index is 2080. The Balaban J connectivity index is 4.08. The van der Waals surface area contributed by atoms with Gasteiger partial charge in [0.25, 0.3) is 0 Å². The van der Waals surface area contributed by atoms with Gasteiger partial charge >= 0.3 is 29.8 Å². The topological polar surface area (TPSA) is 152 Å². The van der Waals surface area contributed by atoms with Gasteiger partial charge in [0.2, 0.25) is 5.91 Å². The van der Waals surface area contributed by atoms with E-state index in [0.29, 0.717) is 38.6 Å². The molecule has 5 unspecified atom stereocenters. The lowest BCUT2D eigenvalue weighted by atomic mass is 9.59. The molecular weight excluding hydrogens is 1270 g/mol. The van der Waals surface area contributed by atoms with Crippen LogP contribution < -0.4 is 0 Å². The summed E-state index contributed by atoms with van der Waals surface area (Å²) in [6, 6.07) is -0.310. The summed E-state index contributed by atoms with van der Waals surface area (Å²) in [6.45, 7) is 26.1. The van der Waals surface area contributed by atoms with Crippen molar-refractivity contribution in [2.24, 2.45) is 27.1 Å². The van der Waals surface area contributed by atoms with E-state index in [0.717, 1.165) is 122 Å². The van der Waals surface area contributed by atoms with Gasteiger partial charge in [-0.3, -0.25) is 28.8 Å². The molecule has 5 atom stereocenters. The van der Waals surface area contributed by atoms with Gasteiger partial charge in [-0.25, -0.2) is 0 Å². The first kappa shape index (κ1) is 96.8. The molecule has 1 rings (SSSR count). The molecule has 12 nitrogen and oxygen atoms in total. The van der Waals surface area contributed by atoms with Gasteiger partial charge in [0.1, 0.15) is 0 Å². The number of carbonyl (C=O) groups is 6. The molecule has 0 aromatic carbocycles.